The number of carbonyl (C=O) groups is 1. The Morgan fingerprint density at radius 1 is 1.27 bits per heavy atom. The van der Waals surface area contributed by atoms with Crippen molar-refractivity contribution in [3.63, 3.8) is 0 Å². The Balaban J connectivity index is 1.70. The molecule has 128 valence electrons. The molecule has 0 aliphatic carbocycles. The van der Waals surface area contributed by atoms with E-state index in [0.717, 1.165) is 13.0 Å². The van der Waals surface area contributed by atoms with Crippen LogP contribution in [0.5, 0.6) is 0 Å². The van der Waals surface area contributed by atoms with E-state index in [1.165, 1.54) is 38.9 Å². The summed E-state index contributed by atoms with van der Waals surface area (Å²) in [5.74, 6) is 0.635. The molecule has 2 rings (SSSR count). The molecule has 1 atom stereocenters. The molecule has 1 N–H and O–H groups in total. The normalized spacial score (nSPS) is 27.9. The van der Waals surface area contributed by atoms with Crippen LogP contribution in [0.3, 0.4) is 0 Å². The highest BCUT2D eigenvalue weighted by molar-refractivity contribution is 5.74. The van der Waals surface area contributed by atoms with Crippen molar-refractivity contribution in [3.8, 4) is 0 Å². The van der Waals surface area contributed by atoms with Gasteiger partial charge >= 0.3 is 6.03 Å². The number of likely N-dealkylation sites (tertiary alicyclic amines) is 1. The van der Waals surface area contributed by atoms with E-state index in [9.17, 15) is 4.79 Å². The van der Waals surface area contributed by atoms with Crippen LogP contribution in [0.25, 0.3) is 0 Å². The van der Waals surface area contributed by atoms with Crippen LogP contribution in [-0.4, -0.2) is 67.3 Å². The number of hydrogen-bond donors (Lipinski definition) is 1. The number of piperidine rings is 1. The van der Waals surface area contributed by atoms with E-state index in [2.05, 4.69) is 31.0 Å². The Labute approximate surface area is 135 Å². The molecule has 2 aliphatic rings. The molecule has 5 heteroatoms. The van der Waals surface area contributed by atoms with Gasteiger partial charge in [-0.1, -0.05) is 13.8 Å². The van der Waals surface area contributed by atoms with Crippen LogP contribution < -0.4 is 5.32 Å². The maximum atomic E-state index is 12.4. The van der Waals surface area contributed by atoms with Gasteiger partial charge < -0.3 is 19.9 Å². The molecule has 0 unspecified atom stereocenters. The molecule has 5 nitrogen and oxygen atoms in total. The number of hydrogen-bond acceptors (Lipinski definition) is 3. The van der Waals surface area contributed by atoms with E-state index in [4.69, 9.17) is 4.74 Å². The average Bonchev–Trinajstić information content (AvgIpc) is 2.54. The Kier molecular flexibility index (Phi) is 6.50. The monoisotopic (exact) mass is 311 g/mol. The number of ether oxygens (including phenoxy) is 1. The lowest BCUT2D eigenvalue weighted by Crippen LogP contribution is -2.55. The Morgan fingerprint density at radius 3 is 2.64 bits per heavy atom. The van der Waals surface area contributed by atoms with Crippen molar-refractivity contribution in [2.45, 2.75) is 52.1 Å². The number of nitrogens with zero attached hydrogens (tertiary/aromatic N) is 2. The average molecular weight is 311 g/mol. The summed E-state index contributed by atoms with van der Waals surface area (Å²) in [7, 11) is 0. The van der Waals surface area contributed by atoms with Crippen molar-refractivity contribution in [3.05, 3.63) is 0 Å². The number of amides is 2. The maximum Gasteiger partial charge on any atom is 0.317 e. The first-order valence-electron chi connectivity index (χ1n) is 8.95. The molecule has 0 saturated carbocycles. The van der Waals surface area contributed by atoms with Crippen LogP contribution in [0.2, 0.25) is 0 Å². The van der Waals surface area contributed by atoms with Gasteiger partial charge in [-0.25, -0.2) is 4.79 Å². The van der Waals surface area contributed by atoms with E-state index in [0.29, 0.717) is 25.6 Å². The summed E-state index contributed by atoms with van der Waals surface area (Å²) < 4.78 is 5.80. The lowest BCUT2D eigenvalue weighted by molar-refractivity contribution is -0.0873. The predicted molar refractivity (Wildman–Crippen MR) is 89.1 cm³/mol. The molecule has 0 bridgehead atoms. The minimum atomic E-state index is -0.179. The molecule has 2 fully saturated rings. The topological polar surface area (TPSA) is 44.8 Å². The maximum absolute atomic E-state index is 12.4. The summed E-state index contributed by atoms with van der Waals surface area (Å²) >= 11 is 0. The molecule has 0 spiro atoms. The quantitative estimate of drug-likeness (QED) is 0.847. The standard InChI is InChI=1S/C17H33N3O2/c1-4-8-19-9-6-15(7-10-19)13-18-16(21)20-11-12-22-17(3,5-2)14-20/h15H,4-14H2,1-3H3,(H,18,21)/t17-/m1/s1. The van der Waals surface area contributed by atoms with Gasteiger partial charge in [-0.2, -0.15) is 0 Å². The van der Waals surface area contributed by atoms with Gasteiger partial charge in [0.1, 0.15) is 0 Å². The zero-order valence-electron chi connectivity index (χ0n) is 14.6. The zero-order chi connectivity index (χ0) is 16.0. The second-order valence-electron chi connectivity index (χ2n) is 7.04. The summed E-state index contributed by atoms with van der Waals surface area (Å²) in [4.78, 5) is 16.8. The first-order valence-corrected chi connectivity index (χ1v) is 8.95. The van der Waals surface area contributed by atoms with Crippen LogP contribution in [0.1, 0.15) is 46.5 Å². The fraction of sp³-hybridized carbons (Fsp3) is 0.941. The van der Waals surface area contributed by atoms with E-state index in [1.807, 2.05) is 4.90 Å². The Hall–Kier alpha value is -0.810. The highest BCUT2D eigenvalue weighted by Crippen LogP contribution is 2.21. The van der Waals surface area contributed by atoms with Crippen LogP contribution >= 0.6 is 0 Å². The molecule has 0 aromatic heterocycles. The van der Waals surface area contributed by atoms with Gasteiger partial charge in [-0.05, 0) is 58.2 Å². The van der Waals surface area contributed by atoms with Gasteiger partial charge in [-0.15, -0.1) is 0 Å². The third-order valence-electron chi connectivity index (χ3n) is 5.16. The van der Waals surface area contributed by atoms with E-state index >= 15 is 0 Å². The van der Waals surface area contributed by atoms with Gasteiger partial charge in [0.05, 0.1) is 18.8 Å². The first kappa shape index (κ1) is 17.5. The number of nitrogens with one attached hydrogen (secondary N) is 1. The molecule has 2 saturated heterocycles. The highest BCUT2D eigenvalue weighted by atomic mass is 16.5. The van der Waals surface area contributed by atoms with Crippen LogP contribution in [-0.2, 0) is 4.74 Å². The van der Waals surface area contributed by atoms with E-state index in [1.54, 1.807) is 0 Å². The third-order valence-corrected chi connectivity index (χ3v) is 5.16. The van der Waals surface area contributed by atoms with Crippen LogP contribution in [0.4, 0.5) is 4.79 Å². The second-order valence-corrected chi connectivity index (χ2v) is 7.04. The van der Waals surface area contributed by atoms with Gasteiger partial charge in [-0.3, -0.25) is 0 Å². The molecular weight excluding hydrogens is 278 g/mol. The van der Waals surface area contributed by atoms with Crippen molar-refractivity contribution in [2.75, 3.05) is 45.9 Å². The van der Waals surface area contributed by atoms with Gasteiger partial charge in [0, 0.05) is 13.1 Å². The molecule has 22 heavy (non-hydrogen) atoms. The van der Waals surface area contributed by atoms with E-state index in [-0.39, 0.29) is 11.6 Å². The molecule has 0 aromatic carbocycles. The summed E-state index contributed by atoms with van der Waals surface area (Å²) in [6, 6.07) is 0.0824. The molecule has 0 aromatic rings. The van der Waals surface area contributed by atoms with Crippen molar-refractivity contribution >= 4 is 6.03 Å². The van der Waals surface area contributed by atoms with Crippen molar-refractivity contribution in [1.82, 2.24) is 15.1 Å². The van der Waals surface area contributed by atoms with E-state index < -0.39 is 0 Å². The fourth-order valence-corrected chi connectivity index (χ4v) is 3.39. The number of rotatable bonds is 5. The molecule has 2 aliphatic heterocycles. The molecule has 2 amide bonds. The molecule has 0 radical (unpaired) electrons. The van der Waals surface area contributed by atoms with Gasteiger partial charge in [0.25, 0.3) is 0 Å². The number of urea groups is 1. The largest absolute Gasteiger partial charge is 0.372 e. The minimum absolute atomic E-state index is 0.0824. The first-order chi connectivity index (χ1) is 10.6. The lowest BCUT2D eigenvalue weighted by Gasteiger charge is -2.40. The smallest absolute Gasteiger partial charge is 0.317 e. The summed E-state index contributed by atoms with van der Waals surface area (Å²) in [6.45, 7) is 12.9. The fourth-order valence-electron chi connectivity index (χ4n) is 3.39. The van der Waals surface area contributed by atoms with Crippen LogP contribution in [0, 0.1) is 5.92 Å². The minimum Gasteiger partial charge on any atom is -0.372 e. The summed E-state index contributed by atoms with van der Waals surface area (Å²) in [5, 5.41) is 3.14. The van der Waals surface area contributed by atoms with Crippen molar-refractivity contribution in [1.29, 1.82) is 0 Å². The highest BCUT2D eigenvalue weighted by Gasteiger charge is 2.32. The number of carbonyl (C=O) groups excluding carboxylic acids is 1. The predicted octanol–water partition coefficient (Wildman–Crippen LogP) is 2.32. The van der Waals surface area contributed by atoms with Crippen molar-refractivity contribution in [2.24, 2.45) is 5.92 Å². The lowest BCUT2D eigenvalue weighted by atomic mass is 9.96. The van der Waals surface area contributed by atoms with Gasteiger partial charge in [0.2, 0.25) is 0 Å². The third kappa shape index (κ3) is 4.85. The summed E-state index contributed by atoms with van der Waals surface area (Å²) in [5.41, 5.74) is -0.179. The zero-order valence-corrected chi connectivity index (χ0v) is 14.6. The molecule has 2 heterocycles. The van der Waals surface area contributed by atoms with Crippen molar-refractivity contribution < 1.29 is 9.53 Å². The SMILES string of the molecule is CCCN1CCC(CNC(=O)N2CCO[C@](C)(CC)C2)CC1. The molecular formula is C17H33N3O2. The number of morpholine rings is 1. The summed E-state index contributed by atoms with van der Waals surface area (Å²) in [6.07, 6.45) is 4.58. The second kappa shape index (κ2) is 8.16. The van der Waals surface area contributed by atoms with Gasteiger partial charge in [0.15, 0.2) is 0 Å². The van der Waals surface area contributed by atoms with Crippen LogP contribution in [0.15, 0.2) is 0 Å². The Morgan fingerprint density at radius 2 is 2.00 bits per heavy atom. The Bertz CT molecular complexity index is 356.